The van der Waals surface area contributed by atoms with Crippen molar-refractivity contribution in [3.05, 3.63) is 65.2 Å². The number of unbranched alkanes of at least 4 members (excludes halogenated alkanes) is 5. The zero-order valence-corrected chi connectivity index (χ0v) is 23.3. The second-order valence-corrected chi connectivity index (χ2v) is 12.4. The first-order valence-electron chi connectivity index (χ1n) is 14.9. The van der Waals surface area contributed by atoms with E-state index in [9.17, 15) is 4.79 Å². The molecule has 0 aromatic heterocycles. The van der Waals surface area contributed by atoms with Gasteiger partial charge in [-0.25, -0.2) is 10.2 Å². The van der Waals surface area contributed by atoms with Crippen LogP contribution in [0.2, 0.25) is 0 Å². The van der Waals surface area contributed by atoms with E-state index in [0.29, 0.717) is 11.8 Å². The summed E-state index contributed by atoms with van der Waals surface area (Å²) >= 11 is 0. The lowest BCUT2D eigenvalue weighted by molar-refractivity contribution is -0.0349. The maximum Gasteiger partial charge on any atom is 0.335 e. The maximum absolute atomic E-state index is 12.9. The Labute approximate surface area is 228 Å². The van der Waals surface area contributed by atoms with E-state index in [2.05, 4.69) is 54.0 Å². The number of amides is 2. The normalized spacial score (nSPS) is 27.5. The van der Waals surface area contributed by atoms with Gasteiger partial charge in [-0.3, -0.25) is 0 Å². The van der Waals surface area contributed by atoms with Gasteiger partial charge in [-0.05, 0) is 105 Å². The largest absolute Gasteiger partial charge is 0.494 e. The minimum atomic E-state index is -0.193. The van der Waals surface area contributed by atoms with Gasteiger partial charge in [-0.15, -0.1) is 0 Å². The van der Waals surface area contributed by atoms with E-state index in [1.807, 2.05) is 24.3 Å². The predicted molar refractivity (Wildman–Crippen MR) is 155 cm³/mol. The standard InChI is InChI=1S/C33H45N3O2/c1-3-4-5-6-7-8-17-38-30-15-11-26(12-16-30)23-34-36-31(37)35-33-21-27-18-28(22-33)20-32(19-27,24-33)29-13-9-25(2)10-14-29/h9-16,23,27-28H,3-8,17-22,24H2,1-2H3,(H2,35,36,37)/b34-23-. The number of rotatable bonds is 12. The number of hydrogen-bond acceptors (Lipinski definition) is 3. The topological polar surface area (TPSA) is 62.7 Å². The number of benzene rings is 2. The van der Waals surface area contributed by atoms with Gasteiger partial charge in [0.1, 0.15) is 5.75 Å². The van der Waals surface area contributed by atoms with Crippen LogP contribution >= 0.6 is 0 Å². The van der Waals surface area contributed by atoms with Gasteiger partial charge in [0.25, 0.3) is 0 Å². The molecule has 2 aromatic carbocycles. The first-order chi connectivity index (χ1) is 18.5. The van der Waals surface area contributed by atoms with Gasteiger partial charge >= 0.3 is 6.03 Å². The molecule has 0 radical (unpaired) electrons. The number of aryl methyl sites for hydroxylation is 1. The molecule has 2 amide bonds. The summed E-state index contributed by atoms with van der Waals surface area (Å²) in [5.41, 5.74) is 6.51. The van der Waals surface area contributed by atoms with E-state index in [1.54, 1.807) is 6.21 Å². The van der Waals surface area contributed by atoms with Crippen molar-refractivity contribution in [1.29, 1.82) is 0 Å². The van der Waals surface area contributed by atoms with Crippen LogP contribution in [0.3, 0.4) is 0 Å². The second-order valence-electron chi connectivity index (χ2n) is 12.4. The Balaban J connectivity index is 1.10. The third kappa shape index (κ3) is 6.42. The molecule has 2 aromatic rings. The summed E-state index contributed by atoms with van der Waals surface area (Å²) in [6, 6.07) is 16.8. The number of carbonyl (C=O) groups is 1. The molecule has 5 nitrogen and oxygen atoms in total. The first-order valence-corrected chi connectivity index (χ1v) is 14.9. The van der Waals surface area contributed by atoms with Gasteiger partial charge in [-0.1, -0.05) is 68.9 Å². The molecule has 2 unspecified atom stereocenters. The monoisotopic (exact) mass is 515 g/mol. The molecule has 4 saturated carbocycles. The Morgan fingerprint density at radius 2 is 1.63 bits per heavy atom. The van der Waals surface area contributed by atoms with Crippen molar-refractivity contribution in [2.75, 3.05) is 6.61 Å². The summed E-state index contributed by atoms with van der Waals surface area (Å²) in [6.07, 6.45) is 16.3. The highest BCUT2D eigenvalue weighted by Gasteiger charge is 2.58. The third-order valence-electron chi connectivity index (χ3n) is 9.13. The van der Waals surface area contributed by atoms with Crippen LogP contribution in [0.15, 0.2) is 53.6 Å². The van der Waals surface area contributed by atoms with Gasteiger partial charge in [0.15, 0.2) is 0 Å². The summed E-state index contributed by atoms with van der Waals surface area (Å²) in [5, 5.41) is 7.62. The SMILES string of the molecule is CCCCCCCCOc1ccc(/C=N\NC(=O)NC23CC4CC(C2)CC(c2ccc(C)cc2)(C4)C3)cc1. The lowest BCUT2D eigenvalue weighted by Crippen LogP contribution is -2.65. The Hall–Kier alpha value is -2.82. The average molecular weight is 516 g/mol. The van der Waals surface area contributed by atoms with Crippen molar-refractivity contribution in [3.8, 4) is 5.75 Å². The Kier molecular flexibility index (Phi) is 8.40. The van der Waals surface area contributed by atoms with Crippen molar-refractivity contribution in [1.82, 2.24) is 10.7 Å². The molecule has 4 aliphatic carbocycles. The lowest BCUT2D eigenvalue weighted by Gasteiger charge is -2.62. The van der Waals surface area contributed by atoms with Crippen molar-refractivity contribution < 1.29 is 9.53 Å². The quantitative estimate of drug-likeness (QED) is 0.173. The molecule has 5 heteroatoms. The molecule has 38 heavy (non-hydrogen) atoms. The fraction of sp³-hybridized carbons (Fsp3) is 0.576. The smallest absolute Gasteiger partial charge is 0.335 e. The van der Waals surface area contributed by atoms with Crippen LogP contribution in [0, 0.1) is 18.8 Å². The summed E-state index contributed by atoms with van der Waals surface area (Å²) < 4.78 is 5.87. The summed E-state index contributed by atoms with van der Waals surface area (Å²) in [4.78, 5) is 12.9. The minimum absolute atomic E-state index is 0.121. The van der Waals surface area contributed by atoms with Crippen LogP contribution in [0.1, 0.15) is 101 Å². The molecule has 4 bridgehead atoms. The molecule has 6 rings (SSSR count). The number of nitrogens with zero attached hydrogens (tertiary/aromatic N) is 1. The summed E-state index contributed by atoms with van der Waals surface area (Å²) in [7, 11) is 0. The van der Waals surface area contributed by atoms with Crippen LogP contribution in [0.5, 0.6) is 5.75 Å². The maximum atomic E-state index is 12.9. The van der Waals surface area contributed by atoms with Gasteiger partial charge in [0, 0.05) is 5.54 Å². The fourth-order valence-corrected chi connectivity index (χ4v) is 7.81. The number of hydrogen-bond donors (Lipinski definition) is 2. The van der Waals surface area contributed by atoms with Gasteiger partial charge < -0.3 is 10.1 Å². The highest BCUT2D eigenvalue weighted by Crippen LogP contribution is 2.62. The Morgan fingerprint density at radius 1 is 0.947 bits per heavy atom. The van der Waals surface area contributed by atoms with Crippen molar-refractivity contribution in [2.24, 2.45) is 16.9 Å². The Morgan fingerprint density at radius 3 is 2.34 bits per heavy atom. The number of ether oxygens (including phenoxy) is 1. The van der Waals surface area contributed by atoms with Crippen molar-refractivity contribution in [2.45, 2.75) is 102 Å². The molecule has 0 heterocycles. The minimum Gasteiger partial charge on any atom is -0.494 e. The molecule has 2 atom stereocenters. The summed E-state index contributed by atoms with van der Waals surface area (Å²) in [6.45, 7) is 5.15. The van der Waals surface area contributed by atoms with Crippen LogP contribution in [-0.4, -0.2) is 24.4 Å². The van der Waals surface area contributed by atoms with Crippen LogP contribution in [0.25, 0.3) is 0 Å². The van der Waals surface area contributed by atoms with Crippen LogP contribution in [0.4, 0.5) is 4.79 Å². The number of nitrogens with one attached hydrogen (secondary N) is 2. The third-order valence-corrected chi connectivity index (χ3v) is 9.13. The zero-order valence-electron chi connectivity index (χ0n) is 23.3. The first kappa shape index (κ1) is 26.8. The van der Waals surface area contributed by atoms with E-state index in [-0.39, 0.29) is 17.0 Å². The lowest BCUT2D eigenvalue weighted by atomic mass is 9.45. The zero-order chi connectivity index (χ0) is 26.4. The van der Waals surface area contributed by atoms with E-state index in [1.165, 1.54) is 62.5 Å². The molecular weight excluding hydrogens is 470 g/mol. The average Bonchev–Trinajstić information content (AvgIpc) is 2.88. The predicted octanol–water partition coefficient (Wildman–Crippen LogP) is 7.66. The molecule has 2 N–H and O–H groups in total. The van der Waals surface area contributed by atoms with Crippen LogP contribution < -0.4 is 15.5 Å². The molecular formula is C33H45N3O2. The highest BCUT2D eigenvalue weighted by atomic mass is 16.5. The second kappa shape index (κ2) is 11.9. The molecule has 204 valence electrons. The van der Waals surface area contributed by atoms with E-state index >= 15 is 0 Å². The van der Waals surface area contributed by atoms with Gasteiger partial charge in [0.2, 0.25) is 0 Å². The Bertz CT molecular complexity index is 1080. The van der Waals surface area contributed by atoms with E-state index < -0.39 is 0 Å². The summed E-state index contributed by atoms with van der Waals surface area (Å²) in [5.74, 6) is 2.28. The van der Waals surface area contributed by atoms with E-state index in [0.717, 1.165) is 43.6 Å². The molecule has 0 saturated heterocycles. The van der Waals surface area contributed by atoms with Crippen molar-refractivity contribution in [3.63, 3.8) is 0 Å². The van der Waals surface area contributed by atoms with Gasteiger partial charge in [0.05, 0.1) is 12.8 Å². The number of hydrazone groups is 1. The molecule has 0 spiro atoms. The molecule has 4 aliphatic rings. The van der Waals surface area contributed by atoms with Crippen molar-refractivity contribution >= 4 is 12.2 Å². The van der Waals surface area contributed by atoms with Gasteiger partial charge in [-0.2, -0.15) is 5.10 Å². The number of carbonyl (C=O) groups excluding carboxylic acids is 1. The number of urea groups is 1. The highest BCUT2D eigenvalue weighted by molar-refractivity contribution is 5.82. The van der Waals surface area contributed by atoms with E-state index in [4.69, 9.17) is 4.74 Å². The van der Waals surface area contributed by atoms with Crippen LogP contribution in [-0.2, 0) is 5.41 Å². The molecule has 0 aliphatic heterocycles. The fourth-order valence-electron chi connectivity index (χ4n) is 7.81. The molecule has 4 fully saturated rings.